The van der Waals surface area contributed by atoms with E-state index >= 15 is 0 Å². The van der Waals surface area contributed by atoms with Gasteiger partial charge in [-0.3, -0.25) is 4.79 Å². The maximum absolute atomic E-state index is 13.4. The second kappa shape index (κ2) is 10.1. The van der Waals surface area contributed by atoms with Crippen LogP contribution in [0.3, 0.4) is 0 Å². The van der Waals surface area contributed by atoms with Gasteiger partial charge in [-0.15, -0.1) is 21.5 Å². The first-order valence-electron chi connectivity index (χ1n) is 9.89. The molecule has 174 valence electrons. The van der Waals surface area contributed by atoms with Crippen LogP contribution in [0.25, 0.3) is 22.6 Å². The predicted molar refractivity (Wildman–Crippen MR) is 127 cm³/mol. The molecule has 0 fully saturated rings. The van der Waals surface area contributed by atoms with Crippen molar-refractivity contribution in [2.45, 2.75) is 12.1 Å². The summed E-state index contributed by atoms with van der Waals surface area (Å²) in [5.74, 6) is -1.05. The van der Waals surface area contributed by atoms with Crippen molar-refractivity contribution in [2.75, 3.05) is 18.2 Å². The van der Waals surface area contributed by atoms with E-state index in [0.29, 0.717) is 21.7 Å². The third-order valence-corrected chi connectivity index (χ3v) is 6.55. The Morgan fingerprint density at radius 2 is 1.79 bits per heavy atom. The van der Waals surface area contributed by atoms with Gasteiger partial charge in [0.05, 0.1) is 12.9 Å². The van der Waals surface area contributed by atoms with Gasteiger partial charge in [-0.05, 0) is 48.9 Å². The monoisotopic (exact) mass is 499 g/mol. The number of nitrogens with zero attached hydrogens (tertiary/aromatic N) is 2. The molecule has 2 heterocycles. The molecule has 0 saturated carbocycles. The fourth-order valence-corrected chi connectivity index (χ4v) is 4.82. The van der Waals surface area contributed by atoms with E-state index in [-0.39, 0.29) is 34.1 Å². The van der Waals surface area contributed by atoms with E-state index in [0.717, 1.165) is 16.6 Å². The van der Waals surface area contributed by atoms with E-state index in [4.69, 9.17) is 9.15 Å². The summed E-state index contributed by atoms with van der Waals surface area (Å²) in [7, 11) is 1.26. The summed E-state index contributed by atoms with van der Waals surface area (Å²) < 4.78 is 23.9. The van der Waals surface area contributed by atoms with Crippen LogP contribution >= 0.6 is 23.1 Å². The summed E-state index contributed by atoms with van der Waals surface area (Å²) in [5.41, 5.74) is 2.06. The number of methoxy groups -OCH3 is 1. The first-order chi connectivity index (χ1) is 16.4. The lowest BCUT2D eigenvalue weighted by Crippen LogP contribution is -2.16. The molecule has 11 heteroatoms. The average molecular weight is 500 g/mol. The number of benzene rings is 2. The number of aromatic nitrogens is 2. The molecule has 2 aromatic heterocycles. The number of hydrogen-bond donors (Lipinski definition) is 2. The molecule has 0 aliphatic heterocycles. The summed E-state index contributed by atoms with van der Waals surface area (Å²) in [5, 5.41) is 20.5. The van der Waals surface area contributed by atoms with E-state index in [2.05, 4.69) is 15.5 Å². The van der Waals surface area contributed by atoms with Crippen LogP contribution in [0.1, 0.15) is 15.2 Å². The highest BCUT2D eigenvalue weighted by Crippen LogP contribution is 2.40. The molecule has 0 bridgehead atoms. The number of aryl methyl sites for hydroxylation is 1. The summed E-state index contributed by atoms with van der Waals surface area (Å²) in [4.78, 5) is 25.9. The van der Waals surface area contributed by atoms with Gasteiger partial charge in [0.15, 0.2) is 0 Å². The maximum atomic E-state index is 13.4. The van der Waals surface area contributed by atoms with Crippen molar-refractivity contribution >= 4 is 40.0 Å². The summed E-state index contributed by atoms with van der Waals surface area (Å²) in [6.45, 7) is 1.81. The number of anilines is 1. The van der Waals surface area contributed by atoms with Crippen LogP contribution in [0.4, 0.5) is 9.39 Å². The van der Waals surface area contributed by atoms with E-state index in [9.17, 15) is 19.1 Å². The minimum atomic E-state index is -0.609. The average Bonchev–Trinajstić information content (AvgIpc) is 3.42. The van der Waals surface area contributed by atoms with E-state index in [1.165, 1.54) is 42.7 Å². The number of carbonyl (C=O) groups excluding carboxylic acids is 2. The minimum Gasteiger partial charge on any atom is -0.508 e. The van der Waals surface area contributed by atoms with Crippen molar-refractivity contribution in [2.24, 2.45) is 0 Å². The summed E-state index contributed by atoms with van der Waals surface area (Å²) >= 11 is 2.27. The standard InChI is InChI=1S/C23H18FN3O5S2/c1-12-18(13-3-7-15(24)8-4-13)19(22(30)31-2)21(34-12)25-17(29)11-33-23-27-26-20(32-23)14-5-9-16(28)10-6-14/h3-10,28H,11H2,1-2H3,(H,25,29). The zero-order valence-corrected chi connectivity index (χ0v) is 19.6. The van der Waals surface area contributed by atoms with Crippen LogP contribution in [0.2, 0.25) is 0 Å². The number of hydrogen-bond acceptors (Lipinski definition) is 9. The van der Waals surface area contributed by atoms with Crippen LogP contribution in [-0.2, 0) is 9.53 Å². The van der Waals surface area contributed by atoms with Crippen molar-refractivity contribution in [1.29, 1.82) is 0 Å². The number of aromatic hydroxyl groups is 1. The molecule has 2 aromatic carbocycles. The Bertz CT molecular complexity index is 1330. The third kappa shape index (κ3) is 5.10. The van der Waals surface area contributed by atoms with Crippen LogP contribution in [0.15, 0.2) is 58.2 Å². The fraction of sp³-hybridized carbons (Fsp3) is 0.130. The molecule has 4 aromatic rings. The summed E-state index contributed by atoms with van der Waals surface area (Å²) in [6.07, 6.45) is 0. The number of esters is 1. The lowest BCUT2D eigenvalue weighted by molar-refractivity contribution is -0.113. The number of thioether (sulfide) groups is 1. The Balaban J connectivity index is 1.49. The number of ether oxygens (including phenoxy) is 1. The number of rotatable bonds is 7. The maximum Gasteiger partial charge on any atom is 0.341 e. The van der Waals surface area contributed by atoms with Gasteiger partial charge >= 0.3 is 5.97 Å². The van der Waals surface area contributed by atoms with Crippen LogP contribution in [-0.4, -0.2) is 40.0 Å². The highest BCUT2D eigenvalue weighted by Gasteiger charge is 2.25. The van der Waals surface area contributed by atoms with Gasteiger partial charge in [-0.25, -0.2) is 9.18 Å². The number of thiophene rings is 1. The molecule has 8 nitrogen and oxygen atoms in total. The van der Waals surface area contributed by atoms with Gasteiger partial charge in [0.1, 0.15) is 22.1 Å². The highest BCUT2D eigenvalue weighted by molar-refractivity contribution is 7.99. The van der Waals surface area contributed by atoms with Crippen molar-refractivity contribution in [3.8, 4) is 28.3 Å². The van der Waals surface area contributed by atoms with E-state index < -0.39 is 11.8 Å². The quantitative estimate of drug-likeness (QED) is 0.266. The second-order valence-corrected chi connectivity index (χ2v) is 9.14. The van der Waals surface area contributed by atoms with E-state index in [1.54, 1.807) is 24.3 Å². The second-order valence-electron chi connectivity index (χ2n) is 6.99. The van der Waals surface area contributed by atoms with Crippen molar-refractivity contribution < 1.29 is 28.2 Å². The van der Waals surface area contributed by atoms with Gasteiger partial charge in [0.25, 0.3) is 5.22 Å². The molecule has 0 aliphatic carbocycles. The molecule has 0 radical (unpaired) electrons. The molecular weight excluding hydrogens is 481 g/mol. The van der Waals surface area contributed by atoms with Crippen LogP contribution in [0.5, 0.6) is 5.75 Å². The Kier molecular flexibility index (Phi) is 6.94. The molecular formula is C23H18FN3O5S2. The largest absolute Gasteiger partial charge is 0.508 e. The lowest BCUT2D eigenvalue weighted by atomic mass is 10.0. The molecule has 2 N–H and O–H groups in total. The molecule has 0 atom stereocenters. The Morgan fingerprint density at radius 3 is 2.47 bits per heavy atom. The topological polar surface area (TPSA) is 115 Å². The van der Waals surface area contributed by atoms with Gasteiger partial charge in [-0.2, -0.15) is 0 Å². The normalized spacial score (nSPS) is 10.8. The number of amides is 1. The summed E-state index contributed by atoms with van der Waals surface area (Å²) in [6, 6.07) is 12.0. The molecule has 0 aliphatic rings. The van der Waals surface area contributed by atoms with Crippen LogP contribution < -0.4 is 5.32 Å². The first kappa shape index (κ1) is 23.5. The predicted octanol–water partition coefficient (Wildman–Crippen LogP) is 5.14. The highest BCUT2D eigenvalue weighted by atomic mass is 32.2. The molecule has 1 amide bonds. The Morgan fingerprint density at radius 1 is 1.12 bits per heavy atom. The molecule has 0 spiro atoms. The Labute approximate surface area is 201 Å². The third-order valence-electron chi connectivity index (χ3n) is 4.71. The molecule has 34 heavy (non-hydrogen) atoms. The molecule has 0 saturated heterocycles. The number of phenolic OH excluding ortho intramolecular Hbond substituents is 1. The van der Waals surface area contributed by atoms with Gasteiger partial charge in [0.2, 0.25) is 11.8 Å². The molecule has 4 rings (SSSR count). The number of carbonyl (C=O) groups is 2. The zero-order valence-electron chi connectivity index (χ0n) is 18.0. The van der Waals surface area contributed by atoms with Crippen molar-refractivity contribution in [3.63, 3.8) is 0 Å². The van der Waals surface area contributed by atoms with Gasteiger partial charge in [0, 0.05) is 16.0 Å². The van der Waals surface area contributed by atoms with Gasteiger partial charge in [-0.1, -0.05) is 23.9 Å². The zero-order chi connectivity index (χ0) is 24.2. The van der Waals surface area contributed by atoms with Crippen LogP contribution in [0, 0.1) is 12.7 Å². The first-order valence-corrected chi connectivity index (χ1v) is 11.7. The number of halogens is 1. The molecule has 0 unspecified atom stereocenters. The number of phenols is 1. The fourth-order valence-electron chi connectivity index (χ4n) is 3.17. The SMILES string of the molecule is COC(=O)c1c(NC(=O)CSc2nnc(-c3ccc(O)cc3)o2)sc(C)c1-c1ccc(F)cc1. The minimum absolute atomic E-state index is 0.0410. The lowest BCUT2D eigenvalue weighted by Gasteiger charge is -2.08. The number of nitrogens with one attached hydrogen (secondary N) is 1. The van der Waals surface area contributed by atoms with Gasteiger partial charge < -0.3 is 19.6 Å². The van der Waals surface area contributed by atoms with E-state index in [1.807, 2.05) is 6.92 Å². The Hall–Kier alpha value is -3.70. The smallest absolute Gasteiger partial charge is 0.341 e. The van der Waals surface area contributed by atoms with Crippen molar-refractivity contribution in [1.82, 2.24) is 10.2 Å². The van der Waals surface area contributed by atoms with Crippen molar-refractivity contribution in [3.05, 3.63) is 64.8 Å².